The van der Waals surface area contributed by atoms with E-state index in [1.165, 1.54) is 0 Å². The highest BCUT2D eigenvalue weighted by Gasteiger charge is 2.41. The molecule has 1 aliphatic rings. The number of hydrogen-bond donors (Lipinski definition) is 0. The van der Waals surface area contributed by atoms with Crippen molar-refractivity contribution in [3.05, 3.63) is 35.4 Å². The maximum atomic E-state index is 12.5. The van der Waals surface area contributed by atoms with Crippen LogP contribution in [0.3, 0.4) is 0 Å². The molecule has 0 aromatic heterocycles. The van der Waals surface area contributed by atoms with Gasteiger partial charge in [-0.25, -0.2) is 0 Å². The predicted molar refractivity (Wildman–Crippen MR) is 66.8 cm³/mol. The van der Waals surface area contributed by atoms with Gasteiger partial charge in [-0.1, -0.05) is 17.7 Å². The summed E-state index contributed by atoms with van der Waals surface area (Å²) in [5, 5.41) is 0. The predicted octanol–water partition coefficient (Wildman–Crippen LogP) is 2.59. The van der Waals surface area contributed by atoms with Crippen molar-refractivity contribution in [2.45, 2.75) is 39.5 Å². The van der Waals surface area contributed by atoms with Crippen molar-refractivity contribution < 1.29 is 9.53 Å². The van der Waals surface area contributed by atoms with Crippen LogP contribution in [0.2, 0.25) is 0 Å². The minimum atomic E-state index is -0.236. The molecule has 0 N–H and O–H groups in total. The van der Waals surface area contributed by atoms with E-state index in [1.54, 1.807) is 0 Å². The van der Waals surface area contributed by atoms with E-state index < -0.39 is 0 Å². The molecule has 92 valence electrons. The van der Waals surface area contributed by atoms with Gasteiger partial charge in [0, 0.05) is 5.56 Å². The summed E-state index contributed by atoms with van der Waals surface area (Å²) in [6.07, 6.45) is -0.155. The van der Waals surface area contributed by atoms with Gasteiger partial charge in [0.05, 0.1) is 12.1 Å². The Morgan fingerprint density at radius 2 is 2.18 bits per heavy atom. The van der Waals surface area contributed by atoms with E-state index in [1.807, 2.05) is 56.9 Å². The van der Waals surface area contributed by atoms with Gasteiger partial charge in [0.25, 0.3) is 5.91 Å². The first-order valence-electron chi connectivity index (χ1n) is 5.94. The summed E-state index contributed by atoms with van der Waals surface area (Å²) in [4.78, 5) is 14.3. The second-order valence-electron chi connectivity index (χ2n) is 5.27. The van der Waals surface area contributed by atoms with Gasteiger partial charge < -0.3 is 9.64 Å². The quantitative estimate of drug-likeness (QED) is 0.746. The van der Waals surface area contributed by atoms with E-state index >= 15 is 0 Å². The molecule has 17 heavy (non-hydrogen) atoms. The summed E-state index contributed by atoms with van der Waals surface area (Å²) in [5.74, 6) is 0.0451. The lowest BCUT2D eigenvalue weighted by Crippen LogP contribution is -2.47. The summed E-state index contributed by atoms with van der Waals surface area (Å²) in [6, 6.07) is 7.68. The van der Waals surface area contributed by atoms with Crippen molar-refractivity contribution in [3.63, 3.8) is 0 Å². The van der Waals surface area contributed by atoms with Crippen molar-refractivity contribution in [2.75, 3.05) is 6.61 Å². The van der Waals surface area contributed by atoms with Crippen molar-refractivity contribution in [1.29, 1.82) is 0 Å². The topological polar surface area (TPSA) is 29.5 Å². The van der Waals surface area contributed by atoms with Gasteiger partial charge in [0.2, 0.25) is 0 Å². The van der Waals surface area contributed by atoms with Crippen molar-refractivity contribution in [1.82, 2.24) is 4.90 Å². The van der Waals surface area contributed by atoms with Gasteiger partial charge >= 0.3 is 0 Å². The summed E-state index contributed by atoms with van der Waals surface area (Å²) < 4.78 is 5.56. The molecule has 1 aromatic rings. The van der Waals surface area contributed by atoms with Crippen molar-refractivity contribution in [2.24, 2.45) is 0 Å². The van der Waals surface area contributed by atoms with Crippen LogP contribution in [0.1, 0.15) is 36.7 Å². The highest BCUT2D eigenvalue weighted by atomic mass is 16.5. The van der Waals surface area contributed by atoms with Crippen LogP contribution in [0.25, 0.3) is 0 Å². The molecule has 0 aliphatic carbocycles. The molecule has 0 spiro atoms. The number of ether oxygens (including phenoxy) is 1. The van der Waals surface area contributed by atoms with Gasteiger partial charge in [-0.05, 0) is 39.8 Å². The third kappa shape index (κ3) is 2.20. The zero-order valence-corrected chi connectivity index (χ0v) is 10.9. The van der Waals surface area contributed by atoms with Crippen LogP contribution in [-0.4, -0.2) is 29.2 Å². The van der Waals surface area contributed by atoms with E-state index in [-0.39, 0.29) is 17.7 Å². The van der Waals surface area contributed by atoms with E-state index in [4.69, 9.17) is 4.74 Å². The van der Waals surface area contributed by atoms with Gasteiger partial charge in [-0.3, -0.25) is 4.79 Å². The standard InChI is InChI=1S/C14H19NO2/c1-10-6-5-7-12(8-10)13(16)15-11(2)17-9-14(15,3)4/h5-8,11H,9H2,1-4H3. The Balaban J connectivity index is 2.31. The molecule has 1 fully saturated rings. The SMILES string of the molecule is Cc1cccc(C(=O)N2C(C)OCC2(C)C)c1. The van der Waals surface area contributed by atoms with E-state index in [9.17, 15) is 4.79 Å². The maximum Gasteiger partial charge on any atom is 0.256 e. The largest absolute Gasteiger partial charge is 0.356 e. The van der Waals surface area contributed by atoms with E-state index in [0.717, 1.165) is 11.1 Å². The zero-order chi connectivity index (χ0) is 12.6. The van der Waals surface area contributed by atoms with Crippen LogP contribution in [0.5, 0.6) is 0 Å². The van der Waals surface area contributed by atoms with Crippen LogP contribution in [0.15, 0.2) is 24.3 Å². The fourth-order valence-electron chi connectivity index (χ4n) is 2.32. The lowest BCUT2D eigenvalue weighted by Gasteiger charge is -2.32. The number of amides is 1. The third-order valence-electron chi connectivity index (χ3n) is 3.18. The normalized spacial score (nSPS) is 22.8. The van der Waals surface area contributed by atoms with Crippen LogP contribution in [-0.2, 0) is 4.74 Å². The first-order valence-corrected chi connectivity index (χ1v) is 5.94. The number of carbonyl (C=O) groups is 1. The van der Waals surface area contributed by atoms with Crippen LogP contribution >= 0.6 is 0 Å². The van der Waals surface area contributed by atoms with Gasteiger partial charge in [0.15, 0.2) is 0 Å². The molecular weight excluding hydrogens is 214 g/mol. The number of aryl methyl sites for hydroxylation is 1. The number of hydrogen-bond acceptors (Lipinski definition) is 2. The average Bonchev–Trinajstić information content (AvgIpc) is 2.52. The number of rotatable bonds is 1. The van der Waals surface area contributed by atoms with Crippen LogP contribution in [0.4, 0.5) is 0 Å². The molecular formula is C14H19NO2. The molecule has 1 atom stereocenters. The molecule has 0 bridgehead atoms. The number of carbonyl (C=O) groups excluding carboxylic acids is 1. The molecule has 0 saturated carbocycles. The maximum absolute atomic E-state index is 12.5. The third-order valence-corrected chi connectivity index (χ3v) is 3.18. The molecule has 2 rings (SSSR count). The molecule has 3 heteroatoms. The number of benzene rings is 1. The van der Waals surface area contributed by atoms with Crippen molar-refractivity contribution in [3.8, 4) is 0 Å². The molecule has 0 radical (unpaired) electrons. The summed E-state index contributed by atoms with van der Waals surface area (Å²) in [6.45, 7) is 8.56. The molecule has 1 amide bonds. The fourth-order valence-corrected chi connectivity index (χ4v) is 2.32. The van der Waals surface area contributed by atoms with Crippen LogP contribution in [0, 0.1) is 6.92 Å². The van der Waals surface area contributed by atoms with Crippen molar-refractivity contribution >= 4 is 5.91 Å². The Morgan fingerprint density at radius 1 is 1.47 bits per heavy atom. The smallest absolute Gasteiger partial charge is 0.256 e. The Bertz CT molecular complexity index is 440. The number of nitrogens with zero attached hydrogens (tertiary/aromatic N) is 1. The Hall–Kier alpha value is -1.35. The first kappa shape index (κ1) is 12.1. The molecule has 1 aliphatic heterocycles. The summed E-state index contributed by atoms with van der Waals surface area (Å²) in [7, 11) is 0. The highest BCUT2D eigenvalue weighted by molar-refractivity contribution is 5.95. The second kappa shape index (κ2) is 4.15. The first-order chi connectivity index (χ1) is 7.92. The van der Waals surface area contributed by atoms with Gasteiger partial charge in [-0.2, -0.15) is 0 Å². The Labute approximate surface area is 102 Å². The average molecular weight is 233 g/mol. The van der Waals surface area contributed by atoms with E-state index in [0.29, 0.717) is 6.61 Å². The molecule has 1 aromatic carbocycles. The Morgan fingerprint density at radius 3 is 2.71 bits per heavy atom. The Kier molecular flexibility index (Phi) is 2.96. The molecule has 1 heterocycles. The minimum Gasteiger partial charge on any atom is -0.356 e. The molecule has 1 unspecified atom stereocenters. The van der Waals surface area contributed by atoms with Crippen LogP contribution < -0.4 is 0 Å². The fraction of sp³-hybridized carbons (Fsp3) is 0.500. The second-order valence-corrected chi connectivity index (χ2v) is 5.27. The molecule has 1 saturated heterocycles. The molecule has 3 nitrogen and oxygen atoms in total. The van der Waals surface area contributed by atoms with E-state index in [2.05, 4.69) is 0 Å². The zero-order valence-electron chi connectivity index (χ0n) is 10.9. The summed E-state index contributed by atoms with van der Waals surface area (Å²) >= 11 is 0. The summed E-state index contributed by atoms with van der Waals surface area (Å²) in [5.41, 5.74) is 1.59. The monoisotopic (exact) mass is 233 g/mol. The lowest BCUT2D eigenvalue weighted by molar-refractivity contribution is 0.0307. The van der Waals surface area contributed by atoms with Gasteiger partial charge in [-0.15, -0.1) is 0 Å². The lowest BCUT2D eigenvalue weighted by atomic mass is 10.0. The van der Waals surface area contributed by atoms with Gasteiger partial charge in [0.1, 0.15) is 6.23 Å². The highest BCUT2D eigenvalue weighted by Crippen LogP contribution is 2.28. The minimum absolute atomic E-state index is 0.0451.